The summed E-state index contributed by atoms with van der Waals surface area (Å²) in [7, 11) is -3.13. The van der Waals surface area contributed by atoms with Crippen molar-refractivity contribution >= 4 is 61.3 Å². The van der Waals surface area contributed by atoms with Crippen LogP contribution in [0.3, 0.4) is 0 Å². The summed E-state index contributed by atoms with van der Waals surface area (Å²) < 4.78 is 65.2. The molecule has 8 nitrogen and oxygen atoms in total. The molecule has 1 aromatic heterocycles. The Kier molecular flexibility index (Phi) is 8.25. The van der Waals surface area contributed by atoms with Gasteiger partial charge in [-0.05, 0) is 72.6 Å². The lowest BCUT2D eigenvalue weighted by molar-refractivity contribution is -0.138. The van der Waals surface area contributed by atoms with E-state index in [0.717, 1.165) is 37.2 Å². The Morgan fingerprint density at radius 3 is 2.68 bits per heavy atom. The lowest BCUT2D eigenvalue weighted by atomic mass is 10.1. The van der Waals surface area contributed by atoms with Gasteiger partial charge in [-0.2, -0.15) is 18.3 Å². The van der Waals surface area contributed by atoms with Crippen molar-refractivity contribution in [2.45, 2.75) is 31.6 Å². The van der Waals surface area contributed by atoms with Gasteiger partial charge in [0.05, 0.1) is 34.5 Å². The van der Waals surface area contributed by atoms with Gasteiger partial charge in [0.15, 0.2) is 0 Å². The number of carbonyl (C=O) groups excluding carboxylic acids is 2. The third-order valence-electron chi connectivity index (χ3n) is 7.18. The average Bonchev–Trinajstić information content (AvgIpc) is 3.57. The average molecular weight is 627 g/mol. The van der Waals surface area contributed by atoms with Gasteiger partial charge in [-0.3, -0.25) is 24.1 Å². The van der Waals surface area contributed by atoms with Gasteiger partial charge >= 0.3 is 6.18 Å². The molecule has 0 saturated carbocycles. The third-order valence-corrected chi connectivity index (χ3v) is 9.24. The van der Waals surface area contributed by atoms with Gasteiger partial charge in [-0.25, -0.2) is 8.42 Å². The molecule has 2 saturated heterocycles. The van der Waals surface area contributed by atoms with Gasteiger partial charge in [0, 0.05) is 35.8 Å². The van der Waals surface area contributed by atoms with E-state index >= 15 is 0 Å². The summed E-state index contributed by atoms with van der Waals surface area (Å²) in [5.74, 6) is -0.388. The Morgan fingerprint density at radius 1 is 1.17 bits per heavy atom. The Balaban J connectivity index is 1.31. The molecule has 2 aliphatic rings. The maximum atomic E-state index is 13.5. The summed E-state index contributed by atoms with van der Waals surface area (Å²) in [5, 5.41) is 4.53. The van der Waals surface area contributed by atoms with E-state index in [-0.39, 0.29) is 45.6 Å². The van der Waals surface area contributed by atoms with Gasteiger partial charge in [0.1, 0.15) is 9.84 Å². The van der Waals surface area contributed by atoms with Crippen molar-refractivity contribution < 1.29 is 31.2 Å². The van der Waals surface area contributed by atoms with Crippen molar-refractivity contribution in [3.05, 3.63) is 69.2 Å². The highest BCUT2D eigenvalue weighted by molar-refractivity contribution is 8.18. The maximum absolute atomic E-state index is 13.5. The summed E-state index contributed by atoms with van der Waals surface area (Å²) in [6, 6.07) is 8.72. The van der Waals surface area contributed by atoms with Gasteiger partial charge in [0.2, 0.25) is 0 Å². The molecule has 0 N–H and O–H groups in total. The molecule has 3 heterocycles. The van der Waals surface area contributed by atoms with Crippen molar-refractivity contribution in [1.29, 1.82) is 0 Å². The Bertz CT molecular complexity index is 1660. The molecule has 218 valence electrons. The number of amides is 2. The molecule has 14 heteroatoms. The fraction of sp³-hybridized carbons (Fsp3) is 0.370. The second-order valence-corrected chi connectivity index (χ2v) is 13.9. The van der Waals surface area contributed by atoms with Gasteiger partial charge in [0.25, 0.3) is 11.1 Å². The van der Waals surface area contributed by atoms with E-state index in [1.54, 1.807) is 24.3 Å². The number of imide groups is 1. The maximum Gasteiger partial charge on any atom is 0.416 e. The number of thioether (sulfide) groups is 1. The first-order chi connectivity index (χ1) is 19.3. The zero-order valence-electron chi connectivity index (χ0n) is 21.9. The van der Waals surface area contributed by atoms with Crippen LogP contribution in [0.25, 0.3) is 17.0 Å². The lowest BCUT2D eigenvalue weighted by Crippen LogP contribution is -2.43. The minimum Gasteiger partial charge on any atom is -0.298 e. The number of carbonyl (C=O) groups is 2. The molecule has 2 amide bonds. The number of likely N-dealkylation sites (tertiary alicyclic amines) is 1. The minimum absolute atomic E-state index is 0.00651. The van der Waals surface area contributed by atoms with E-state index in [1.165, 1.54) is 34.2 Å². The van der Waals surface area contributed by atoms with Crippen LogP contribution in [0.5, 0.6) is 0 Å². The minimum atomic E-state index is -4.56. The van der Waals surface area contributed by atoms with E-state index in [4.69, 9.17) is 11.6 Å². The fourth-order valence-corrected chi connectivity index (χ4v) is 6.72. The standard InChI is InChI=1S/C27H26ClF3N4O4S2/c1-41(38,39)10-9-33-8-2-3-21(33)16-34-25(36)24(40-26(34)37)12-17-4-7-23-19(11-17)14-32-35(23)15-18-5-6-20(28)13-22(18)27(29,30)31/h4-7,11-14,21H,2-3,8-10,15-16H2,1H3/b24-12-/t21-/m0/s1. The normalized spacial score (nSPS) is 19.8. The lowest BCUT2D eigenvalue weighted by Gasteiger charge is -2.26. The van der Waals surface area contributed by atoms with E-state index in [2.05, 4.69) is 5.10 Å². The molecule has 0 radical (unpaired) electrons. The first-order valence-electron chi connectivity index (χ1n) is 12.8. The number of halogens is 4. The van der Waals surface area contributed by atoms with Crippen LogP contribution in [0.2, 0.25) is 5.02 Å². The Morgan fingerprint density at radius 2 is 1.95 bits per heavy atom. The molecule has 2 aromatic carbocycles. The number of rotatable bonds is 8. The fourth-order valence-electron chi connectivity index (χ4n) is 5.13. The molecule has 3 aromatic rings. The van der Waals surface area contributed by atoms with Crippen molar-refractivity contribution in [1.82, 2.24) is 19.6 Å². The molecule has 0 aliphatic carbocycles. The second-order valence-electron chi connectivity index (χ2n) is 10.2. The quantitative estimate of drug-likeness (QED) is 0.313. The SMILES string of the molecule is CS(=O)(=O)CCN1CCC[C@H]1CN1C(=O)S/C(=C\c2ccc3c(cnn3Cc3ccc(Cl)cc3C(F)(F)F)c2)C1=O. The molecule has 2 aliphatic heterocycles. The van der Waals surface area contributed by atoms with Crippen molar-refractivity contribution in [3.63, 3.8) is 0 Å². The van der Waals surface area contributed by atoms with E-state index in [1.807, 2.05) is 4.90 Å². The van der Waals surface area contributed by atoms with Gasteiger partial charge in [-0.1, -0.05) is 23.7 Å². The summed E-state index contributed by atoms with van der Waals surface area (Å²) in [6.07, 6.45) is 1.40. The molecule has 1 atom stereocenters. The van der Waals surface area contributed by atoms with Crippen LogP contribution in [0.15, 0.2) is 47.5 Å². The van der Waals surface area contributed by atoms with E-state index in [9.17, 15) is 31.2 Å². The number of nitrogens with zero attached hydrogens (tertiary/aromatic N) is 4. The first kappa shape index (κ1) is 29.6. The predicted octanol–water partition coefficient (Wildman–Crippen LogP) is 5.30. The number of alkyl halides is 3. The molecule has 5 rings (SSSR count). The molecule has 0 spiro atoms. The van der Waals surface area contributed by atoms with Crippen LogP contribution in [-0.4, -0.2) is 76.8 Å². The van der Waals surface area contributed by atoms with Crippen LogP contribution in [0.1, 0.15) is 29.5 Å². The highest BCUT2D eigenvalue weighted by Crippen LogP contribution is 2.36. The Hall–Kier alpha value is -2.87. The Labute approximate surface area is 244 Å². The first-order valence-corrected chi connectivity index (χ1v) is 16.0. The topological polar surface area (TPSA) is 92.6 Å². The molecule has 41 heavy (non-hydrogen) atoms. The summed E-state index contributed by atoms with van der Waals surface area (Å²) in [5.41, 5.74) is 0.452. The largest absolute Gasteiger partial charge is 0.416 e. The number of fused-ring (bicyclic) bond motifs is 1. The number of aromatic nitrogens is 2. The monoisotopic (exact) mass is 626 g/mol. The second kappa shape index (κ2) is 11.4. The number of sulfone groups is 1. The summed E-state index contributed by atoms with van der Waals surface area (Å²) in [4.78, 5) is 29.3. The third kappa shape index (κ3) is 6.79. The van der Waals surface area contributed by atoms with Crippen LogP contribution < -0.4 is 0 Å². The van der Waals surface area contributed by atoms with Crippen molar-refractivity contribution in [2.24, 2.45) is 0 Å². The summed E-state index contributed by atoms with van der Waals surface area (Å²) in [6.45, 7) is 1.16. The van der Waals surface area contributed by atoms with E-state index < -0.39 is 27.5 Å². The number of benzene rings is 2. The summed E-state index contributed by atoms with van der Waals surface area (Å²) >= 11 is 6.63. The molecular weight excluding hydrogens is 601 g/mol. The van der Waals surface area contributed by atoms with Crippen LogP contribution >= 0.6 is 23.4 Å². The molecule has 0 bridgehead atoms. The zero-order chi connectivity index (χ0) is 29.5. The van der Waals surface area contributed by atoms with Crippen LogP contribution in [0.4, 0.5) is 18.0 Å². The molecular formula is C27H26ClF3N4O4S2. The predicted molar refractivity (Wildman–Crippen MR) is 152 cm³/mol. The van der Waals surface area contributed by atoms with Crippen LogP contribution in [-0.2, 0) is 27.4 Å². The van der Waals surface area contributed by atoms with Gasteiger partial charge < -0.3 is 0 Å². The number of hydrogen-bond acceptors (Lipinski definition) is 7. The van der Waals surface area contributed by atoms with E-state index in [0.29, 0.717) is 23.0 Å². The zero-order valence-corrected chi connectivity index (χ0v) is 24.3. The molecule has 0 unspecified atom stereocenters. The van der Waals surface area contributed by atoms with Crippen molar-refractivity contribution in [2.75, 3.05) is 31.6 Å². The van der Waals surface area contributed by atoms with Gasteiger partial charge in [-0.15, -0.1) is 0 Å². The van der Waals surface area contributed by atoms with Crippen LogP contribution in [0, 0.1) is 0 Å². The van der Waals surface area contributed by atoms with Crippen molar-refractivity contribution in [3.8, 4) is 0 Å². The highest BCUT2D eigenvalue weighted by Gasteiger charge is 2.38. The highest BCUT2D eigenvalue weighted by atomic mass is 35.5. The number of hydrogen-bond donors (Lipinski definition) is 0. The smallest absolute Gasteiger partial charge is 0.298 e. The molecule has 2 fully saturated rings.